The number of nitrogens with zero attached hydrogens (tertiary/aromatic N) is 2. The Kier molecular flexibility index (Phi) is 11.4. The summed E-state index contributed by atoms with van der Waals surface area (Å²) in [6, 6.07) is 29.5. The van der Waals surface area contributed by atoms with E-state index in [1.54, 1.807) is 36.4 Å². The maximum Gasteiger partial charge on any atom is 0.264 e. The van der Waals surface area contributed by atoms with E-state index in [0.29, 0.717) is 16.3 Å². The Labute approximate surface area is 283 Å². The van der Waals surface area contributed by atoms with Crippen LogP contribution >= 0.6 is 11.6 Å². The summed E-state index contributed by atoms with van der Waals surface area (Å²) in [7, 11) is -4.17. The second-order valence-electron chi connectivity index (χ2n) is 12.3. The van der Waals surface area contributed by atoms with Crippen molar-refractivity contribution in [2.75, 3.05) is 10.8 Å². The van der Waals surface area contributed by atoms with Gasteiger partial charge in [0, 0.05) is 24.0 Å². The molecule has 1 N–H and O–H groups in total. The third-order valence-electron chi connectivity index (χ3n) is 8.63. The third kappa shape index (κ3) is 8.82. The summed E-state index contributed by atoms with van der Waals surface area (Å²) in [6.45, 7) is 3.30. The van der Waals surface area contributed by atoms with E-state index in [4.69, 9.17) is 11.6 Å². The molecule has 4 aromatic rings. The van der Waals surface area contributed by atoms with Gasteiger partial charge in [0.05, 0.1) is 10.6 Å². The van der Waals surface area contributed by atoms with Gasteiger partial charge in [0.1, 0.15) is 12.6 Å². The van der Waals surface area contributed by atoms with Crippen LogP contribution in [0, 0.1) is 13.8 Å². The molecule has 1 saturated carbocycles. The molecule has 1 aliphatic carbocycles. The average Bonchev–Trinajstić information content (AvgIpc) is 3.06. The molecule has 0 aromatic heterocycles. The fourth-order valence-corrected chi connectivity index (χ4v) is 7.87. The molecule has 0 spiro atoms. The smallest absolute Gasteiger partial charge is 0.264 e. The number of hydrogen-bond acceptors (Lipinski definition) is 4. The van der Waals surface area contributed by atoms with E-state index in [-0.39, 0.29) is 29.8 Å². The first-order valence-electron chi connectivity index (χ1n) is 16.1. The van der Waals surface area contributed by atoms with Gasteiger partial charge in [-0.25, -0.2) is 8.42 Å². The number of carbonyl (C=O) groups is 2. The maximum absolute atomic E-state index is 14.7. The van der Waals surface area contributed by atoms with Gasteiger partial charge in [-0.15, -0.1) is 0 Å². The summed E-state index contributed by atoms with van der Waals surface area (Å²) >= 11 is 6.62. The van der Waals surface area contributed by atoms with Gasteiger partial charge in [-0.2, -0.15) is 0 Å². The van der Waals surface area contributed by atoms with Crippen LogP contribution in [-0.4, -0.2) is 43.8 Å². The molecular formula is C38H42ClN3O4S. The number of rotatable bonds is 12. The molecule has 1 atom stereocenters. The average molecular weight is 672 g/mol. The Morgan fingerprint density at radius 2 is 1.43 bits per heavy atom. The Morgan fingerprint density at radius 1 is 0.830 bits per heavy atom. The lowest BCUT2D eigenvalue weighted by molar-refractivity contribution is -0.140. The number of nitrogens with one attached hydrogen (secondary N) is 1. The molecule has 0 bridgehead atoms. The number of sulfonamides is 1. The van der Waals surface area contributed by atoms with E-state index in [1.807, 2.05) is 68.4 Å². The lowest BCUT2D eigenvalue weighted by atomic mass is 9.94. The quantitative estimate of drug-likeness (QED) is 0.172. The minimum Gasteiger partial charge on any atom is -0.352 e. The highest BCUT2D eigenvalue weighted by Gasteiger charge is 2.35. The summed E-state index contributed by atoms with van der Waals surface area (Å²) in [6.07, 6.45) is 5.25. The summed E-state index contributed by atoms with van der Waals surface area (Å²) in [5.74, 6) is -0.770. The van der Waals surface area contributed by atoms with Crippen LogP contribution in [0.1, 0.15) is 54.4 Å². The lowest BCUT2D eigenvalue weighted by Crippen LogP contribution is -2.55. The fourth-order valence-electron chi connectivity index (χ4n) is 6.25. The van der Waals surface area contributed by atoms with E-state index in [1.165, 1.54) is 17.0 Å². The monoisotopic (exact) mass is 671 g/mol. The van der Waals surface area contributed by atoms with Gasteiger partial charge in [0.2, 0.25) is 11.8 Å². The number of anilines is 1. The zero-order valence-corrected chi connectivity index (χ0v) is 28.5. The Hall–Kier alpha value is -4.14. The van der Waals surface area contributed by atoms with Crippen molar-refractivity contribution >= 4 is 39.1 Å². The standard InChI is InChI=1S/C38H42ClN3O4S/c1-28-22-29(2)24-33(23-28)42(47(45,46)34-19-10-5-11-20-34)27-37(43)41(26-31-16-12-13-21-35(31)39)36(25-30-14-6-3-7-15-30)38(44)40-32-17-8-4-9-18-32/h3,5-7,10-16,19-24,32,36H,4,8-9,17-18,25-27H2,1-2H3,(H,40,44). The summed E-state index contributed by atoms with van der Waals surface area (Å²) in [5, 5.41) is 3.69. The van der Waals surface area contributed by atoms with Crippen molar-refractivity contribution in [2.24, 2.45) is 0 Å². The molecule has 0 radical (unpaired) electrons. The van der Waals surface area contributed by atoms with Gasteiger partial charge >= 0.3 is 0 Å². The van der Waals surface area contributed by atoms with Crippen LogP contribution in [0.4, 0.5) is 5.69 Å². The van der Waals surface area contributed by atoms with Crippen molar-refractivity contribution in [1.29, 1.82) is 0 Å². The summed E-state index contributed by atoms with van der Waals surface area (Å²) in [4.78, 5) is 30.5. The summed E-state index contributed by atoms with van der Waals surface area (Å²) in [5.41, 5.74) is 3.65. The number of halogens is 1. The normalized spacial score (nSPS) is 14.3. The molecule has 1 unspecified atom stereocenters. The van der Waals surface area contributed by atoms with Crippen LogP contribution < -0.4 is 9.62 Å². The first-order chi connectivity index (χ1) is 22.6. The second-order valence-corrected chi connectivity index (χ2v) is 14.6. The highest BCUT2D eigenvalue weighted by atomic mass is 35.5. The Bertz CT molecular complexity index is 1760. The largest absolute Gasteiger partial charge is 0.352 e. The van der Waals surface area contributed by atoms with Crippen LogP contribution in [0.25, 0.3) is 0 Å². The van der Waals surface area contributed by atoms with Crippen LogP contribution in [-0.2, 0) is 32.6 Å². The minimum atomic E-state index is -4.17. The van der Waals surface area contributed by atoms with E-state index in [0.717, 1.165) is 53.1 Å². The predicted octanol–water partition coefficient (Wildman–Crippen LogP) is 7.24. The van der Waals surface area contributed by atoms with Crippen LogP contribution in [0.5, 0.6) is 0 Å². The van der Waals surface area contributed by atoms with Crippen molar-refractivity contribution in [3.8, 4) is 0 Å². The molecule has 2 amide bonds. The number of benzene rings is 4. The fraction of sp³-hybridized carbons (Fsp3) is 0.316. The zero-order chi connectivity index (χ0) is 33.4. The molecule has 4 aromatic carbocycles. The van der Waals surface area contributed by atoms with Crippen LogP contribution in [0.2, 0.25) is 5.02 Å². The zero-order valence-electron chi connectivity index (χ0n) is 26.9. The van der Waals surface area contributed by atoms with Crippen molar-refractivity contribution in [1.82, 2.24) is 10.2 Å². The van der Waals surface area contributed by atoms with E-state index in [9.17, 15) is 18.0 Å². The molecule has 0 aliphatic heterocycles. The number of carbonyl (C=O) groups excluding carboxylic acids is 2. The molecular weight excluding hydrogens is 630 g/mol. The van der Waals surface area contributed by atoms with Crippen molar-refractivity contribution < 1.29 is 18.0 Å². The first-order valence-corrected chi connectivity index (χ1v) is 18.0. The van der Waals surface area contributed by atoms with Crippen molar-refractivity contribution in [2.45, 2.75) is 75.9 Å². The second kappa shape index (κ2) is 15.6. The summed E-state index contributed by atoms with van der Waals surface area (Å²) < 4.78 is 29.6. The van der Waals surface area contributed by atoms with Crippen LogP contribution in [0.3, 0.4) is 0 Å². The maximum atomic E-state index is 14.7. The van der Waals surface area contributed by atoms with Gasteiger partial charge in [-0.1, -0.05) is 104 Å². The SMILES string of the molecule is Cc1cc(C)cc(N(CC(=O)N(Cc2ccccc2Cl)C(Cc2ccccc2)C(=O)NC2CCCCC2)S(=O)(=O)c2ccccc2)c1. The number of hydrogen-bond donors (Lipinski definition) is 1. The van der Waals surface area contributed by atoms with Gasteiger partial charge in [-0.05, 0) is 79.3 Å². The molecule has 0 saturated heterocycles. The Balaban J connectivity index is 1.58. The molecule has 246 valence electrons. The lowest BCUT2D eigenvalue weighted by Gasteiger charge is -2.35. The van der Waals surface area contributed by atoms with Gasteiger partial charge < -0.3 is 10.2 Å². The van der Waals surface area contributed by atoms with E-state index >= 15 is 0 Å². The highest BCUT2D eigenvalue weighted by molar-refractivity contribution is 7.92. The van der Waals surface area contributed by atoms with E-state index < -0.39 is 28.5 Å². The molecule has 5 rings (SSSR count). The molecule has 0 heterocycles. The molecule has 47 heavy (non-hydrogen) atoms. The van der Waals surface area contributed by atoms with E-state index in [2.05, 4.69) is 5.32 Å². The van der Waals surface area contributed by atoms with Crippen molar-refractivity contribution in [3.05, 3.63) is 130 Å². The molecule has 9 heteroatoms. The predicted molar refractivity (Wildman–Crippen MR) is 188 cm³/mol. The first kappa shape index (κ1) is 34.2. The van der Waals surface area contributed by atoms with Crippen LogP contribution in [0.15, 0.2) is 108 Å². The minimum absolute atomic E-state index is 0.0250. The van der Waals surface area contributed by atoms with Gasteiger partial charge in [0.15, 0.2) is 0 Å². The topological polar surface area (TPSA) is 86.8 Å². The molecule has 1 fully saturated rings. The third-order valence-corrected chi connectivity index (χ3v) is 10.8. The highest BCUT2D eigenvalue weighted by Crippen LogP contribution is 2.28. The van der Waals surface area contributed by atoms with Crippen molar-refractivity contribution in [3.63, 3.8) is 0 Å². The number of aryl methyl sites for hydroxylation is 2. The molecule has 7 nitrogen and oxygen atoms in total. The van der Waals surface area contributed by atoms with Gasteiger partial charge in [-0.3, -0.25) is 13.9 Å². The molecule has 1 aliphatic rings. The Morgan fingerprint density at radius 3 is 2.06 bits per heavy atom. The number of amides is 2. The van der Waals surface area contributed by atoms with Gasteiger partial charge in [0.25, 0.3) is 10.0 Å².